The number of amides is 1. The average Bonchev–Trinajstić information content (AvgIpc) is 3.34. The maximum Gasteiger partial charge on any atom is 0.255 e. The maximum atomic E-state index is 12.8. The van der Waals surface area contributed by atoms with Gasteiger partial charge in [-0.3, -0.25) is 14.6 Å². The molecule has 0 bridgehead atoms. The summed E-state index contributed by atoms with van der Waals surface area (Å²) in [6.45, 7) is 4.85. The van der Waals surface area contributed by atoms with E-state index in [0.717, 1.165) is 53.5 Å². The third-order valence-electron chi connectivity index (χ3n) is 5.92. The number of nitrogens with one attached hydrogen (secondary N) is 1. The van der Waals surface area contributed by atoms with Gasteiger partial charge in [-0.25, -0.2) is 0 Å². The highest BCUT2D eigenvalue weighted by molar-refractivity contribution is 6.06. The molecule has 4 aromatic rings. The van der Waals surface area contributed by atoms with Crippen molar-refractivity contribution < 1.29 is 9.59 Å². The van der Waals surface area contributed by atoms with Crippen LogP contribution in [0.4, 0.5) is 5.69 Å². The van der Waals surface area contributed by atoms with Gasteiger partial charge in [-0.2, -0.15) is 0 Å². The lowest BCUT2D eigenvalue weighted by molar-refractivity contribution is 0.0976. The standard InChI is InChI=1S/C28H29N3O2/c1-3-4-5-8-26(32)22-9-11-23(12-10-22)28(33)30-25-14-13-24-17-21(18-29-27(24)20(25)2)19-31-15-6-7-16-31/h6-7,9-18H,3-5,8,19H2,1-2H3,(H,30,33). The molecule has 5 heteroatoms. The monoisotopic (exact) mass is 439 g/mol. The average molecular weight is 440 g/mol. The molecule has 1 amide bonds. The highest BCUT2D eigenvalue weighted by atomic mass is 16.1. The van der Waals surface area contributed by atoms with Crippen LogP contribution in [0.5, 0.6) is 0 Å². The molecule has 0 saturated heterocycles. The second kappa shape index (κ2) is 10.3. The number of benzene rings is 2. The zero-order chi connectivity index (χ0) is 23.2. The molecular formula is C28H29N3O2. The number of hydrogen-bond donors (Lipinski definition) is 1. The Morgan fingerprint density at radius 2 is 1.70 bits per heavy atom. The molecule has 0 fully saturated rings. The molecule has 0 aliphatic rings. The molecule has 0 unspecified atom stereocenters. The summed E-state index contributed by atoms with van der Waals surface area (Å²) in [5, 5.41) is 4.03. The van der Waals surface area contributed by atoms with Crippen LogP contribution in [0.15, 0.2) is 73.2 Å². The van der Waals surface area contributed by atoms with Crippen LogP contribution in [0.25, 0.3) is 10.9 Å². The number of unbranched alkanes of at least 4 members (excludes halogenated alkanes) is 2. The number of fused-ring (bicyclic) bond motifs is 1. The van der Waals surface area contributed by atoms with Crippen LogP contribution in [0, 0.1) is 6.92 Å². The van der Waals surface area contributed by atoms with Crippen molar-refractivity contribution in [2.75, 3.05) is 5.32 Å². The van der Waals surface area contributed by atoms with Gasteiger partial charge < -0.3 is 9.88 Å². The zero-order valence-corrected chi connectivity index (χ0v) is 19.2. The second-order valence-corrected chi connectivity index (χ2v) is 8.42. The highest BCUT2D eigenvalue weighted by Crippen LogP contribution is 2.25. The predicted octanol–water partition coefficient (Wildman–Crippen LogP) is 6.41. The summed E-state index contributed by atoms with van der Waals surface area (Å²) < 4.78 is 2.11. The summed E-state index contributed by atoms with van der Waals surface area (Å²) in [6, 6.07) is 17.0. The summed E-state index contributed by atoms with van der Waals surface area (Å²) in [6.07, 6.45) is 9.55. The highest BCUT2D eigenvalue weighted by Gasteiger charge is 2.12. The number of ketones is 1. The van der Waals surface area contributed by atoms with E-state index in [2.05, 4.69) is 27.9 Å². The minimum Gasteiger partial charge on any atom is -0.350 e. The minimum absolute atomic E-state index is 0.128. The van der Waals surface area contributed by atoms with E-state index in [1.807, 2.05) is 49.8 Å². The molecule has 0 atom stereocenters. The van der Waals surface area contributed by atoms with Gasteiger partial charge in [0.15, 0.2) is 5.78 Å². The normalized spacial score (nSPS) is 11.0. The number of nitrogens with zero attached hydrogens (tertiary/aromatic N) is 2. The quantitative estimate of drug-likeness (QED) is 0.242. The third-order valence-corrected chi connectivity index (χ3v) is 5.92. The largest absolute Gasteiger partial charge is 0.350 e. The molecule has 2 heterocycles. The number of aryl methyl sites for hydroxylation is 1. The van der Waals surface area contributed by atoms with Crippen molar-refractivity contribution in [3.05, 3.63) is 95.4 Å². The Labute approximate surface area is 194 Å². The van der Waals surface area contributed by atoms with Crippen molar-refractivity contribution >= 4 is 28.3 Å². The molecular weight excluding hydrogens is 410 g/mol. The summed E-state index contributed by atoms with van der Waals surface area (Å²) >= 11 is 0. The van der Waals surface area contributed by atoms with Crippen LogP contribution >= 0.6 is 0 Å². The van der Waals surface area contributed by atoms with Crippen molar-refractivity contribution in [1.29, 1.82) is 0 Å². The number of carbonyl (C=O) groups is 2. The molecule has 0 aliphatic carbocycles. The first-order valence-corrected chi connectivity index (χ1v) is 11.5. The third kappa shape index (κ3) is 5.37. The summed E-state index contributed by atoms with van der Waals surface area (Å²) in [7, 11) is 0. The molecule has 0 radical (unpaired) electrons. The summed E-state index contributed by atoms with van der Waals surface area (Å²) in [5.41, 5.74) is 4.84. The van der Waals surface area contributed by atoms with Crippen molar-refractivity contribution in [3.8, 4) is 0 Å². The van der Waals surface area contributed by atoms with E-state index in [-0.39, 0.29) is 11.7 Å². The van der Waals surface area contributed by atoms with Gasteiger partial charge in [0.2, 0.25) is 0 Å². The van der Waals surface area contributed by atoms with Crippen molar-refractivity contribution in [1.82, 2.24) is 9.55 Å². The van der Waals surface area contributed by atoms with Crippen LogP contribution in [-0.2, 0) is 6.54 Å². The van der Waals surface area contributed by atoms with E-state index in [4.69, 9.17) is 0 Å². The molecule has 2 aromatic carbocycles. The number of pyridine rings is 1. The van der Waals surface area contributed by atoms with Crippen LogP contribution < -0.4 is 5.32 Å². The van der Waals surface area contributed by atoms with Gasteiger partial charge in [0.1, 0.15) is 0 Å². The van der Waals surface area contributed by atoms with E-state index in [1.165, 1.54) is 0 Å². The number of hydrogen-bond acceptors (Lipinski definition) is 3. The lowest BCUT2D eigenvalue weighted by atomic mass is 10.0. The molecule has 1 N–H and O–H groups in total. The number of anilines is 1. The maximum absolute atomic E-state index is 12.8. The molecule has 0 saturated carbocycles. The lowest BCUT2D eigenvalue weighted by Crippen LogP contribution is -2.13. The minimum atomic E-state index is -0.202. The zero-order valence-electron chi connectivity index (χ0n) is 19.2. The Morgan fingerprint density at radius 3 is 2.42 bits per heavy atom. The van der Waals surface area contributed by atoms with E-state index in [9.17, 15) is 9.59 Å². The molecule has 4 rings (SSSR count). The van der Waals surface area contributed by atoms with E-state index < -0.39 is 0 Å². The van der Waals surface area contributed by atoms with Crippen molar-refractivity contribution in [2.24, 2.45) is 0 Å². The number of rotatable bonds is 9. The van der Waals surface area contributed by atoms with Crippen LogP contribution in [-0.4, -0.2) is 21.2 Å². The van der Waals surface area contributed by atoms with E-state index in [1.54, 1.807) is 24.3 Å². The Kier molecular flexibility index (Phi) is 6.98. The van der Waals surface area contributed by atoms with Crippen LogP contribution in [0.1, 0.15) is 64.4 Å². The number of aromatic nitrogens is 2. The van der Waals surface area contributed by atoms with Gasteiger partial charge in [0, 0.05) is 53.8 Å². The summed E-state index contributed by atoms with van der Waals surface area (Å²) in [4.78, 5) is 29.7. The van der Waals surface area contributed by atoms with Gasteiger partial charge in [0.05, 0.1) is 5.52 Å². The molecule has 5 nitrogen and oxygen atoms in total. The smallest absolute Gasteiger partial charge is 0.255 e. The molecule has 0 aliphatic heterocycles. The van der Waals surface area contributed by atoms with Gasteiger partial charge in [-0.05, 0) is 60.9 Å². The lowest BCUT2D eigenvalue weighted by Gasteiger charge is -2.12. The Bertz CT molecular complexity index is 1260. The van der Waals surface area contributed by atoms with Gasteiger partial charge in [-0.15, -0.1) is 0 Å². The first-order valence-electron chi connectivity index (χ1n) is 11.5. The Balaban J connectivity index is 1.46. The fourth-order valence-electron chi connectivity index (χ4n) is 3.98. The van der Waals surface area contributed by atoms with Crippen LogP contribution in [0.2, 0.25) is 0 Å². The molecule has 2 aromatic heterocycles. The van der Waals surface area contributed by atoms with Gasteiger partial charge in [-0.1, -0.05) is 38.0 Å². The first-order chi connectivity index (χ1) is 16.0. The Hall–Kier alpha value is -3.73. The van der Waals surface area contributed by atoms with E-state index in [0.29, 0.717) is 17.5 Å². The molecule has 33 heavy (non-hydrogen) atoms. The Morgan fingerprint density at radius 1 is 0.970 bits per heavy atom. The number of Topliss-reactive ketones (excluding diaryl/α,β-unsaturated/α-hetero) is 1. The summed E-state index contributed by atoms with van der Waals surface area (Å²) in [5.74, 6) is -0.0744. The fraction of sp³-hybridized carbons (Fsp3) is 0.250. The topological polar surface area (TPSA) is 64.0 Å². The number of carbonyl (C=O) groups excluding carboxylic acids is 2. The molecule has 168 valence electrons. The van der Waals surface area contributed by atoms with Gasteiger partial charge in [0.25, 0.3) is 5.91 Å². The van der Waals surface area contributed by atoms with Crippen molar-refractivity contribution in [3.63, 3.8) is 0 Å². The first kappa shape index (κ1) is 22.5. The van der Waals surface area contributed by atoms with Crippen molar-refractivity contribution in [2.45, 2.75) is 46.1 Å². The SMILES string of the molecule is CCCCCC(=O)c1ccc(C(=O)Nc2ccc3cc(Cn4cccc4)cnc3c2C)cc1. The molecule has 0 spiro atoms. The predicted molar refractivity (Wildman–Crippen MR) is 133 cm³/mol. The van der Waals surface area contributed by atoms with E-state index >= 15 is 0 Å². The fourth-order valence-corrected chi connectivity index (χ4v) is 3.98. The van der Waals surface area contributed by atoms with Crippen LogP contribution in [0.3, 0.4) is 0 Å². The second-order valence-electron chi connectivity index (χ2n) is 8.42. The van der Waals surface area contributed by atoms with Gasteiger partial charge >= 0.3 is 0 Å².